The summed E-state index contributed by atoms with van der Waals surface area (Å²) in [5.74, 6) is 0.277. The fraction of sp³-hybridized carbons (Fsp3) is 0.476. The monoisotopic (exact) mass is 366 g/mol. The zero-order chi connectivity index (χ0) is 19.2. The fourth-order valence-corrected chi connectivity index (χ4v) is 4.45. The van der Waals surface area contributed by atoms with E-state index in [2.05, 4.69) is 29.8 Å². The molecule has 0 N–H and O–H groups in total. The van der Waals surface area contributed by atoms with Crippen molar-refractivity contribution in [3.05, 3.63) is 36.5 Å². The smallest absolute Gasteiger partial charge is 0.327 e. The molecule has 142 valence electrons. The largest absolute Gasteiger partial charge is 0.371 e. The highest BCUT2D eigenvalue weighted by Crippen LogP contribution is 2.39. The summed E-state index contributed by atoms with van der Waals surface area (Å²) in [4.78, 5) is 35.5. The van der Waals surface area contributed by atoms with Gasteiger partial charge in [0.1, 0.15) is 5.54 Å². The van der Waals surface area contributed by atoms with E-state index < -0.39 is 5.54 Å². The number of rotatable bonds is 3. The summed E-state index contributed by atoms with van der Waals surface area (Å²) in [6.07, 6.45) is 3.15. The number of likely N-dealkylation sites (N-methyl/N-ethyl adjacent to an activating group) is 1. The van der Waals surface area contributed by atoms with Gasteiger partial charge in [-0.1, -0.05) is 32.0 Å². The Labute approximate surface area is 159 Å². The summed E-state index contributed by atoms with van der Waals surface area (Å²) >= 11 is 0. The number of hydrogen-bond acceptors (Lipinski definition) is 4. The summed E-state index contributed by atoms with van der Waals surface area (Å²) in [6, 6.07) is 10.0. The number of carbonyl (C=O) groups excluding carboxylic acids is 2. The van der Waals surface area contributed by atoms with Crippen LogP contribution < -0.4 is 4.90 Å². The zero-order valence-electron chi connectivity index (χ0n) is 16.2. The lowest BCUT2D eigenvalue weighted by Crippen LogP contribution is -2.57. The second-order valence-corrected chi connectivity index (χ2v) is 8.02. The molecule has 0 atom stereocenters. The third-order valence-electron chi connectivity index (χ3n) is 5.84. The second-order valence-electron chi connectivity index (χ2n) is 8.02. The lowest BCUT2D eigenvalue weighted by atomic mass is 9.85. The normalized spacial score (nSPS) is 19.8. The average molecular weight is 366 g/mol. The number of nitrogens with zero attached hydrogens (tertiary/aromatic N) is 4. The number of piperidine rings is 1. The Morgan fingerprint density at radius 3 is 2.52 bits per heavy atom. The molecule has 3 heterocycles. The molecule has 0 aliphatic carbocycles. The van der Waals surface area contributed by atoms with E-state index in [1.54, 1.807) is 7.05 Å². The van der Waals surface area contributed by atoms with Gasteiger partial charge < -0.3 is 9.80 Å². The summed E-state index contributed by atoms with van der Waals surface area (Å²) < 4.78 is 0. The lowest BCUT2D eigenvalue weighted by Gasteiger charge is -2.43. The quantitative estimate of drug-likeness (QED) is 0.783. The maximum Gasteiger partial charge on any atom is 0.327 e. The number of imide groups is 1. The van der Waals surface area contributed by atoms with Crippen LogP contribution in [0.25, 0.3) is 10.9 Å². The minimum absolute atomic E-state index is 0.0487. The first kappa shape index (κ1) is 17.8. The van der Waals surface area contributed by atoms with E-state index in [1.807, 2.05) is 35.4 Å². The molecule has 2 fully saturated rings. The van der Waals surface area contributed by atoms with Gasteiger partial charge in [-0.25, -0.2) is 4.79 Å². The van der Waals surface area contributed by atoms with Crippen LogP contribution in [0.1, 0.15) is 26.7 Å². The number of pyridine rings is 1. The van der Waals surface area contributed by atoms with Crippen LogP contribution in [0.5, 0.6) is 0 Å². The summed E-state index contributed by atoms with van der Waals surface area (Å²) in [5.41, 5.74) is 1.44. The predicted octanol–water partition coefficient (Wildman–Crippen LogP) is 3.12. The number of urea groups is 1. The van der Waals surface area contributed by atoms with Crippen LogP contribution in [-0.2, 0) is 4.79 Å². The predicted molar refractivity (Wildman–Crippen MR) is 106 cm³/mol. The maximum absolute atomic E-state index is 13.0. The molecule has 3 amide bonds. The van der Waals surface area contributed by atoms with Crippen molar-refractivity contribution in [3.63, 3.8) is 0 Å². The highest BCUT2D eigenvalue weighted by molar-refractivity contribution is 6.07. The third-order valence-corrected chi connectivity index (χ3v) is 5.84. The first-order valence-electron chi connectivity index (χ1n) is 9.62. The van der Waals surface area contributed by atoms with E-state index in [0.717, 1.165) is 29.7 Å². The van der Waals surface area contributed by atoms with Crippen molar-refractivity contribution in [1.29, 1.82) is 0 Å². The highest BCUT2D eigenvalue weighted by atomic mass is 16.2. The van der Waals surface area contributed by atoms with Gasteiger partial charge >= 0.3 is 6.03 Å². The van der Waals surface area contributed by atoms with Crippen LogP contribution in [0, 0.1) is 5.92 Å². The van der Waals surface area contributed by atoms with Gasteiger partial charge in [-0.05, 0) is 30.9 Å². The Morgan fingerprint density at radius 2 is 1.81 bits per heavy atom. The van der Waals surface area contributed by atoms with Crippen molar-refractivity contribution in [2.24, 2.45) is 5.92 Å². The number of aromatic nitrogens is 1. The van der Waals surface area contributed by atoms with Crippen LogP contribution in [0.3, 0.4) is 0 Å². The molecule has 2 aliphatic rings. The maximum atomic E-state index is 13.0. The molecule has 2 aromatic rings. The molecule has 27 heavy (non-hydrogen) atoms. The number of para-hydroxylation sites is 1. The van der Waals surface area contributed by atoms with Gasteiger partial charge in [-0.3, -0.25) is 14.7 Å². The van der Waals surface area contributed by atoms with Crippen molar-refractivity contribution in [2.45, 2.75) is 32.2 Å². The number of benzene rings is 1. The van der Waals surface area contributed by atoms with Crippen molar-refractivity contribution in [1.82, 2.24) is 14.8 Å². The summed E-state index contributed by atoms with van der Waals surface area (Å²) in [7, 11) is 1.61. The van der Waals surface area contributed by atoms with Crippen molar-refractivity contribution in [2.75, 3.05) is 31.6 Å². The van der Waals surface area contributed by atoms with Gasteiger partial charge in [0.05, 0.1) is 5.52 Å². The Balaban J connectivity index is 1.62. The van der Waals surface area contributed by atoms with Crippen molar-refractivity contribution < 1.29 is 9.59 Å². The molecule has 1 aromatic heterocycles. The van der Waals surface area contributed by atoms with E-state index in [0.29, 0.717) is 25.3 Å². The Bertz CT molecular complexity index is 881. The molecule has 2 saturated heterocycles. The Morgan fingerprint density at radius 1 is 1.11 bits per heavy atom. The fourth-order valence-electron chi connectivity index (χ4n) is 4.45. The average Bonchev–Trinajstić information content (AvgIpc) is 2.84. The molecule has 4 rings (SSSR count). The highest BCUT2D eigenvalue weighted by Gasteiger charge is 2.56. The third kappa shape index (κ3) is 2.74. The van der Waals surface area contributed by atoms with Crippen LogP contribution >= 0.6 is 0 Å². The van der Waals surface area contributed by atoms with E-state index in [4.69, 9.17) is 0 Å². The van der Waals surface area contributed by atoms with Gasteiger partial charge in [-0.15, -0.1) is 0 Å². The molecule has 6 nitrogen and oxygen atoms in total. The molecule has 6 heteroatoms. The minimum atomic E-state index is -0.685. The first-order valence-corrected chi connectivity index (χ1v) is 9.62. The molecular weight excluding hydrogens is 340 g/mol. The van der Waals surface area contributed by atoms with Crippen LogP contribution in [0.4, 0.5) is 10.5 Å². The molecule has 0 saturated carbocycles. The topological polar surface area (TPSA) is 56.8 Å². The molecule has 2 aliphatic heterocycles. The van der Waals surface area contributed by atoms with Crippen LogP contribution in [0.2, 0.25) is 0 Å². The van der Waals surface area contributed by atoms with E-state index in [-0.39, 0.29) is 11.9 Å². The van der Waals surface area contributed by atoms with Gasteiger partial charge in [0, 0.05) is 44.0 Å². The number of hydrogen-bond donors (Lipinski definition) is 0. The number of amides is 3. The summed E-state index contributed by atoms with van der Waals surface area (Å²) in [6.45, 7) is 6.28. The number of fused-ring (bicyclic) bond motifs is 1. The van der Waals surface area contributed by atoms with E-state index >= 15 is 0 Å². The number of carbonyl (C=O) groups is 2. The second kappa shape index (κ2) is 6.51. The summed E-state index contributed by atoms with van der Waals surface area (Å²) in [5, 5.41) is 1.13. The van der Waals surface area contributed by atoms with Gasteiger partial charge in [0.15, 0.2) is 0 Å². The van der Waals surface area contributed by atoms with E-state index in [1.165, 1.54) is 4.90 Å². The zero-order valence-corrected chi connectivity index (χ0v) is 16.2. The first-order chi connectivity index (χ1) is 12.9. The standard InChI is InChI=1S/C21H26N4O2/c1-15(2)14-25-20(27)23(3)19(26)21(25)9-12-24(13-10-21)18-8-11-22-17-7-5-4-6-16(17)18/h4-8,11,15H,9-10,12-14H2,1-3H3. The minimum Gasteiger partial charge on any atom is -0.371 e. The Kier molecular flexibility index (Phi) is 4.29. The van der Waals surface area contributed by atoms with Gasteiger partial charge in [0.25, 0.3) is 5.91 Å². The molecule has 0 unspecified atom stereocenters. The number of anilines is 1. The van der Waals surface area contributed by atoms with Gasteiger partial charge in [0.2, 0.25) is 0 Å². The molecule has 0 bridgehead atoms. The molecular formula is C21H26N4O2. The molecule has 1 aromatic carbocycles. The lowest BCUT2D eigenvalue weighted by molar-refractivity contribution is -0.133. The molecule has 0 radical (unpaired) electrons. The molecule has 1 spiro atoms. The van der Waals surface area contributed by atoms with Crippen molar-refractivity contribution >= 4 is 28.5 Å². The SMILES string of the molecule is CC(C)CN1C(=O)N(C)C(=O)C12CCN(c1ccnc3ccccc13)CC2. The van der Waals surface area contributed by atoms with Gasteiger partial charge in [-0.2, -0.15) is 0 Å². The van der Waals surface area contributed by atoms with Crippen LogP contribution in [-0.4, -0.2) is 58.9 Å². The van der Waals surface area contributed by atoms with Crippen molar-refractivity contribution in [3.8, 4) is 0 Å². The van der Waals surface area contributed by atoms with Crippen LogP contribution in [0.15, 0.2) is 36.5 Å². The van der Waals surface area contributed by atoms with E-state index in [9.17, 15) is 9.59 Å². The Hall–Kier alpha value is -2.63.